The van der Waals surface area contributed by atoms with Gasteiger partial charge in [-0.2, -0.15) is 0 Å². The Labute approximate surface area is 135 Å². The summed E-state index contributed by atoms with van der Waals surface area (Å²) < 4.78 is 2.76. The molecule has 0 saturated carbocycles. The van der Waals surface area contributed by atoms with Crippen molar-refractivity contribution in [1.82, 2.24) is 14.5 Å². The van der Waals surface area contributed by atoms with Crippen LogP contribution in [0.3, 0.4) is 0 Å². The number of hydrogen-bond acceptors (Lipinski definition) is 3. The molecule has 0 spiro atoms. The lowest BCUT2D eigenvalue weighted by molar-refractivity contribution is 0.990. The van der Waals surface area contributed by atoms with Gasteiger partial charge >= 0.3 is 0 Å². The molecule has 106 valence electrons. The van der Waals surface area contributed by atoms with Crippen LogP contribution < -0.4 is 5.32 Å². The second-order valence-corrected chi connectivity index (χ2v) is 5.74. The maximum Gasteiger partial charge on any atom is 0.137 e. The quantitative estimate of drug-likeness (QED) is 0.751. The van der Waals surface area contributed by atoms with Gasteiger partial charge < -0.3 is 5.32 Å². The lowest BCUT2D eigenvalue weighted by atomic mass is 10.2. The van der Waals surface area contributed by atoms with Gasteiger partial charge in [-0.1, -0.05) is 17.7 Å². The lowest BCUT2D eigenvalue weighted by Crippen LogP contribution is -2.01. The Morgan fingerprint density at radius 2 is 2.14 bits per heavy atom. The van der Waals surface area contributed by atoms with E-state index >= 15 is 0 Å². The first-order chi connectivity index (χ1) is 10.2. The minimum Gasteiger partial charge on any atom is -0.380 e. The number of pyridine rings is 1. The molecule has 1 aromatic carbocycles. The molecule has 2 heterocycles. The second-order valence-electron chi connectivity index (χ2n) is 4.48. The molecule has 21 heavy (non-hydrogen) atoms. The van der Waals surface area contributed by atoms with Gasteiger partial charge in [0.15, 0.2) is 0 Å². The normalized spacial score (nSPS) is 10.6. The molecule has 3 rings (SSSR count). The number of hydrogen-bond donors (Lipinski definition) is 1. The van der Waals surface area contributed by atoms with E-state index in [9.17, 15) is 0 Å². The first kappa shape index (κ1) is 14.1. The lowest BCUT2D eigenvalue weighted by Gasteiger charge is -2.08. The van der Waals surface area contributed by atoms with Gasteiger partial charge in [0.2, 0.25) is 0 Å². The number of aromatic nitrogens is 3. The van der Waals surface area contributed by atoms with E-state index in [0.717, 1.165) is 21.5 Å². The SMILES string of the molecule is Clc1cc(CNc2ccc(-n3ccnc3)nc2)ccc1Br. The first-order valence-corrected chi connectivity index (χ1v) is 7.51. The van der Waals surface area contributed by atoms with Gasteiger partial charge in [0, 0.05) is 23.4 Å². The largest absolute Gasteiger partial charge is 0.380 e. The molecule has 0 unspecified atom stereocenters. The molecule has 1 N–H and O–H groups in total. The molecular weight excluding hydrogens is 352 g/mol. The van der Waals surface area contributed by atoms with Crippen LogP contribution in [0.1, 0.15) is 5.56 Å². The van der Waals surface area contributed by atoms with Crippen LogP contribution in [-0.2, 0) is 6.54 Å². The van der Waals surface area contributed by atoms with Crippen molar-refractivity contribution < 1.29 is 0 Å². The maximum atomic E-state index is 6.08. The van der Waals surface area contributed by atoms with Crippen LogP contribution in [0.2, 0.25) is 5.02 Å². The van der Waals surface area contributed by atoms with Gasteiger partial charge in [-0.05, 0) is 45.8 Å². The van der Waals surface area contributed by atoms with E-state index in [1.807, 2.05) is 41.1 Å². The summed E-state index contributed by atoms with van der Waals surface area (Å²) in [5, 5.41) is 4.03. The fourth-order valence-electron chi connectivity index (χ4n) is 1.89. The number of halogens is 2. The zero-order valence-electron chi connectivity index (χ0n) is 11.0. The summed E-state index contributed by atoms with van der Waals surface area (Å²) >= 11 is 9.46. The molecular formula is C15H12BrClN4. The molecule has 0 radical (unpaired) electrons. The van der Waals surface area contributed by atoms with Crippen molar-refractivity contribution in [3.63, 3.8) is 0 Å². The molecule has 0 saturated heterocycles. The third-order valence-corrected chi connectivity index (χ3v) is 4.23. The zero-order valence-corrected chi connectivity index (χ0v) is 13.3. The van der Waals surface area contributed by atoms with Crippen LogP contribution in [0.5, 0.6) is 0 Å². The smallest absolute Gasteiger partial charge is 0.137 e. The molecule has 2 aromatic heterocycles. The van der Waals surface area contributed by atoms with Gasteiger partial charge in [0.1, 0.15) is 12.1 Å². The highest BCUT2D eigenvalue weighted by Gasteiger charge is 2.01. The number of nitrogens with zero attached hydrogens (tertiary/aromatic N) is 3. The Hall–Kier alpha value is -1.85. The molecule has 0 fully saturated rings. The molecule has 6 heteroatoms. The standard InChI is InChI=1S/C15H12BrClN4/c16-13-3-1-11(7-14(13)17)8-19-12-2-4-15(20-9-12)21-6-5-18-10-21/h1-7,9-10,19H,8H2. The molecule has 4 nitrogen and oxygen atoms in total. The summed E-state index contributed by atoms with van der Waals surface area (Å²) in [6, 6.07) is 9.84. The Morgan fingerprint density at radius 1 is 1.24 bits per heavy atom. The highest BCUT2D eigenvalue weighted by atomic mass is 79.9. The third-order valence-electron chi connectivity index (χ3n) is 3.00. The summed E-state index contributed by atoms with van der Waals surface area (Å²) in [7, 11) is 0. The molecule has 0 amide bonds. The number of rotatable bonds is 4. The molecule has 0 atom stereocenters. The zero-order chi connectivity index (χ0) is 14.7. The predicted molar refractivity (Wildman–Crippen MR) is 87.8 cm³/mol. The maximum absolute atomic E-state index is 6.08. The summed E-state index contributed by atoms with van der Waals surface area (Å²) in [5.74, 6) is 0.838. The van der Waals surface area contributed by atoms with Crippen LogP contribution in [0.4, 0.5) is 5.69 Å². The molecule has 3 aromatic rings. The predicted octanol–water partition coefficient (Wildman–Crippen LogP) is 4.30. The fourth-order valence-corrected chi connectivity index (χ4v) is 2.34. The summed E-state index contributed by atoms with van der Waals surface area (Å²) in [6.45, 7) is 0.694. The van der Waals surface area contributed by atoms with Gasteiger partial charge in [-0.3, -0.25) is 4.57 Å². The van der Waals surface area contributed by atoms with Crippen LogP contribution in [0, 0.1) is 0 Å². The monoisotopic (exact) mass is 362 g/mol. The van der Waals surface area contributed by atoms with E-state index in [1.54, 1.807) is 18.7 Å². The minimum absolute atomic E-state index is 0.694. The first-order valence-electron chi connectivity index (χ1n) is 6.34. The van der Waals surface area contributed by atoms with Crippen molar-refractivity contribution >= 4 is 33.2 Å². The van der Waals surface area contributed by atoms with E-state index in [2.05, 4.69) is 31.2 Å². The Bertz CT molecular complexity index is 726. The van der Waals surface area contributed by atoms with Crippen molar-refractivity contribution in [2.24, 2.45) is 0 Å². The number of anilines is 1. The van der Waals surface area contributed by atoms with Crippen LogP contribution in [0.15, 0.2) is 59.7 Å². The van der Waals surface area contributed by atoms with Gasteiger partial charge in [0.25, 0.3) is 0 Å². The van der Waals surface area contributed by atoms with Gasteiger partial charge in [-0.25, -0.2) is 9.97 Å². The minimum atomic E-state index is 0.694. The average molecular weight is 364 g/mol. The summed E-state index contributed by atoms with van der Waals surface area (Å²) in [4.78, 5) is 8.40. The van der Waals surface area contributed by atoms with E-state index in [-0.39, 0.29) is 0 Å². The van der Waals surface area contributed by atoms with Crippen molar-refractivity contribution in [3.05, 3.63) is 70.3 Å². The fraction of sp³-hybridized carbons (Fsp3) is 0.0667. The van der Waals surface area contributed by atoms with Crippen LogP contribution in [0.25, 0.3) is 5.82 Å². The number of imidazole rings is 1. The van der Waals surface area contributed by atoms with E-state index < -0.39 is 0 Å². The molecule has 0 aliphatic rings. The van der Waals surface area contributed by atoms with Gasteiger partial charge in [-0.15, -0.1) is 0 Å². The number of benzene rings is 1. The van der Waals surface area contributed by atoms with Gasteiger partial charge in [0.05, 0.1) is 16.9 Å². The average Bonchev–Trinajstić information content (AvgIpc) is 3.03. The Kier molecular flexibility index (Phi) is 4.22. The number of nitrogens with one attached hydrogen (secondary N) is 1. The van der Waals surface area contributed by atoms with Crippen molar-refractivity contribution in [3.8, 4) is 5.82 Å². The molecule has 0 aliphatic heterocycles. The third kappa shape index (κ3) is 3.43. The van der Waals surface area contributed by atoms with Crippen LogP contribution >= 0.6 is 27.5 Å². The van der Waals surface area contributed by atoms with Crippen molar-refractivity contribution in [2.75, 3.05) is 5.32 Å². The Balaban J connectivity index is 1.66. The van der Waals surface area contributed by atoms with E-state index in [4.69, 9.17) is 11.6 Å². The molecule has 0 aliphatic carbocycles. The molecule has 0 bridgehead atoms. The van der Waals surface area contributed by atoms with Crippen molar-refractivity contribution in [2.45, 2.75) is 6.54 Å². The van der Waals surface area contributed by atoms with E-state index in [0.29, 0.717) is 11.6 Å². The van der Waals surface area contributed by atoms with Crippen molar-refractivity contribution in [1.29, 1.82) is 0 Å². The Morgan fingerprint density at radius 3 is 2.81 bits per heavy atom. The highest BCUT2D eigenvalue weighted by Crippen LogP contribution is 2.23. The summed E-state index contributed by atoms with van der Waals surface area (Å²) in [5.41, 5.74) is 2.07. The van der Waals surface area contributed by atoms with Crippen LogP contribution in [-0.4, -0.2) is 14.5 Å². The highest BCUT2D eigenvalue weighted by molar-refractivity contribution is 9.10. The topological polar surface area (TPSA) is 42.7 Å². The second kappa shape index (κ2) is 6.28. The summed E-state index contributed by atoms with van der Waals surface area (Å²) in [6.07, 6.45) is 7.11. The van der Waals surface area contributed by atoms with E-state index in [1.165, 1.54) is 0 Å².